The van der Waals surface area contributed by atoms with Gasteiger partial charge in [0.25, 0.3) is 0 Å². The van der Waals surface area contributed by atoms with E-state index in [0.717, 1.165) is 25.9 Å². The van der Waals surface area contributed by atoms with Crippen molar-refractivity contribution in [3.05, 3.63) is 17.7 Å². The molecule has 1 N–H and O–H groups in total. The maximum atomic E-state index is 12.7. The van der Waals surface area contributed by atoms with Crippen LogP contribution in [0.15, 0.2) is 17.3 Å². The molecule has 0 unspecified atom stereocenters. The average Bonchev–Trinajstić information content (AvgIpc) is 2.46. The summed E-state index contributed by atoms with van der Waals surface area (Å²) in [4.78, 5) is 9.60. The fraction of sp³-hybridized carbons (Fsp3) is 0.667. The molecule has 1 aliphatic heterocycles. The topological polar surface area (TPSA) is 86.6 Å². The number of aliphatic hydroxyl groups excluding tert-OH is 1. The Kier molecular flexibility index (Phi) is 5.50. The summed E-state index contributed by atoms with van der Waals surface area (Å²) >= 11 is 5.59. The quantitative estimate of drug-likeness (QED) is 0.774. The van der Waals surface area contributed by atoms with E-state index >= 15 is 0 Å². The van der Waals surface area contributed by atoms with Crippen molar-refractivity contribution in [2.45, 2.75) is 23.8 Å². The van der Waals surface area contributed by atoms with Crippen LogP contribution in [0.4, 0.5) is 0 Å². The molecule has 2 rings (SSSR count). The predicted molar refractivity (Wildman–Crippen MR) is 78.5 cm³/mol. The lowest BCUT2D eigenvalue weighted by Crippen LogP contribution is -2.47. The predicted octanol–water partition coefficient (Wildman–Crippen LogP) is 0.207. The summed E-state index contributed by atoms with van der Waals surface area (Å²) < 4.78 is 26.7. The monoisotopic (exact) mass is 334 g/mol. The van der Waals surface area contributed by atoms with Crippen LogP contribution in [0.25, 0.3) is 0 Å². The Balaban J connectivity index is 2.25. The number of piperidine rings is 1. The van der Waals surface area contributed by atoms with Gasteiger partial charge >= 0.3 is 0 Å². The molecule has 1 aromatic heterocycles. The second-order valence-corrected chi connectivity index (χ2v) is 7.29. The molecule has 1 saturated heterocycles. The van der Waals surface area contributed by atoms with Crippen LogP contribution in [0.3, 0.4) is 0 Å². The second kappa shape index (κ2) is 6.97. The second-order valence-electron chi connectivity index (χ2n) is 5.06. The van der Waals surface area contributed by atoms with Crippen molar-refractivity contribution in [3.63, 3.8) is 0 Å². The Labute approximate surface area is 129 Å². The molecule has 1 aromatic rings. The van der Waals surface area contributed by atoms with Crippen molar-refractivity contribution in [2.75, 3.05) is 33.3 Å². The van der Waals surface area contributed by atoms with Crippen LogP contribution in [-0.4, -0.2) is 72.0 Å². The zero-order valence-corrected chi connectivity index (χ0v) is 13.4. The highest BCUT2D eigenvalue weighted by Gasteiger charge is 2.33. The highest BCUT2D eigenvalue weighted by molar-refractivity contribution is 7.89. The van der Waals surface area contributed by atoms with Gasteiger partial charge in [-0.1, -0.05) is 0 Å². The summed E-state index contributed by atoms with van der Waals surface area (Å²) in [6, 6.07) is -0.117. The van der Waals surface area contributed by atoms with Gasteiger partial charge in [-0.25, -0.2) is 18.4 Å². The van der Waals surface area contributed by atoms with Gasteiger partial charge in [0.1, 0.15) is 4.90 Å². The first-order chi connectivity index (χ1) is 9.95. The Morgan fingerprint density at radius 2 is 1.95 bits per heavy atom. The van der Waals surface area contributed by atoms with Gasteiger partial charge in [0.2, 0.25) is 15.3 Å². The number of nitrogens with zero attached hydrogens (tertiary/aromatic N) is 4. The molecule has 0 spiro atoms. The molecular formula is C12H19ClN4O3S. The van der Waals surface area contributed by atoms with Crippen LogP contribution in [-0.2, 0) is 10.0 Å². The van der Waals surface area contributed by atoms with Gasteiger partial charge in [0.05, 0.1) is 19.0 Å². The molecule has 0 saturated carbocycles. The molecule has 0 bridgehead atoms. The van der Waals surface area contributed by atoms with E-state index in [1.165, 1.54) is 16.7 Å². The molecule has 0 aromatic carbocycles. The highest BCUT2D eigenvalue weighted by Crippen LogP contribution is 2.23. The van der Waals surface area contributed by atoms with E-state index in [4.69, 9.17) is 11.6 Å². The molecule has 7 nitrogen and oxygen atoms in total. The summed E-state index contributed by atoms with van der Waals surface area (Å²) in [5.74, 6) is 0. The van der Waals surface area contributed by atoms with Crippen molar-refractivity contribution >= 4 is 21.6 Å². The number of hydrogen-bond donors (Lipinski definition) is 1. The third kappa shape index (κ3) is 3.89. The van der Waals surface area contributed by atoms with E-state index in [0.29, 0.717) is 0 Å². The van der Waals surface area contributed by atoms with Crippen LogP contribution in [0.5, 0.6) is 0 Å². The van der Waals surface area contributed by atoms with Gasteiger partial charge in [0, 0.05) is 12.6 Å². The van der Waals surface area contributed by atoms with Crippen LogP contribution in [0.1, 0.15) is 12.8 Å². The van der Waals surface area contributed by atoms with Crippen molar-refractivity contribution < 1.29 is 13.5 Å². The minimum absolute atomic E-state index is 0.000668. The lowest BCUT2D eigenvalue weighted by atomic mass is 10.1. The lowest BCUT2D eigenvalue weighted by Gasteiger charge is -2.36. The van der Waals surface area contributed by atoms with Gasteiger partial charge in [-0.2, -0.15) is 4.31 Å². The first-order valence-electron chi connectivity index (χ1n) is 6.74. The van der Waals surface area contributed by atoms with Crippen LogP contribution >= 0.6 is 11.6 Å². The molecule has 1 fully saturated rings. The molecule has 9 heteroatoms. The number of sulfonamides is 1. The van der Waals surface area contributed by atoms with E-state index in [1.807, 2.05) is 7.05 Å². The Hall–Kier alpha value is -0.800. The Morgan fingerprint density at radius 3 is 2.48 bits per heavy atom. The summed E-state index contributed by atoms with van der Waals surface area (Å²) in [5.41, 5.74) is 0. The summed E-state index contributed by atoms with van der Waals surface area (Å²) in [6.07, 6.45) is 3.88. The summed E-state index contributed by atoms with van der Waals surface area (Å²) in [7, 11) is -1.72. The molecular weight excluding hydrogens is 316 g/mol. The van der Waals surface area contributed by atoms with Crippen molar-refractivity contribution in [1.82, 2.24) is 19.2 Å². The zero-order chi connectivity index (χ0) is 15.5. The Morgan fingerprint density at radius 1 is 1.38 bits per heavy atom. The Bertz CT molecular complexity index is 558. The minimum atomic E-state index is -3.73. The molecule has 21 heavy (non-hydrogen) atoms. The number of halogens is 1. The number of hydrogen-bond acceptors (Lipinski definition) is 6. The van der Waals surface area contributed by atoms with Gasteiger partial charge in [-0.15, -0.1) is 0 Å². The van der Waals surface area contributed by atoms with Crippen molar-refractivity contribution in [3.8, 4) is 0 Å². The zero-order valence-electron chi connectivity index (χ0n) is 11.8. The summed E-state index contributed by atoms with van der Waals surface area (Å²) in [5, 5.41) is 9.21. The van der Waals surface area contributed by atoms with E-state index in [-0.39, 0.29) is 29.4 Å². The van der Waals surface area contributed by atoms with Gasteiger partial charge < -0.3 is 10.0 Å². The molecule has 118 valence electrons. The van der Waals surface area contributed by atoms with E-state index < -0.39 is 10.0 Å². The normalized spacial score (nSPS) is 18.3. The third-order valence-electron chi connectivity index (χ3n) is 3.62. The average molecular weight is 335 g/mol. The van der Waals surface area contributed by atoms with E-state index in [9.17, 15) is 13.5 Å². The minimum Gasteiger partial charge on any atom is -0.395 e. The van der Waals surface area contributed by atoms with E-state index in [1.54, 1.807) is 0 Å². The van der Waals surface area contributed by atoms with Crippen molar-refractivity contribution in [2.24, 2.45) is 0 Å². The largest absolute Gasteiger partial charge is 0.395 e. The van der Waals surface area contributed by atoms with Crippen LogP contribution in [0, 0.1) is 0 Å². The van der Waals surface area contributed by atoms with Crippen LogP contribution in [0.2, 0.25) is 5.28 Å². The molecule has 1 aliphatic rings. The van der Waals surface area contributed by atoms with Crippen LogP contribution < -0.4 is 0 Å². The third-order valence-corrected chi connectivity index (χ3v) is 5.72. The molecule has 0 amide bonds. The SMILES string of the molecule is CN1CCC(N(CCO)S(=O)(=O)c2cnc(Cl)nc2)CC1. The number of aliphatic hydroxyl groups is 1. The summed E-state index contributed by atoms with van der Waals surface area (Å²) in [6.45, 7) is 1.51. The van der Waals surface area contributed by atoms with E-state index in [2.05, 4.69) is 14.9 Å². The smallest absolute Gasteiger partial charge is 0.246 e. The maximum absolute atomic E-state index is 12.7. The van der Waals surface area contributed by atoms with Gasteiger partial charge in [-0.3, -0.25) is 0 Å². The number of aromatic nitrogens is 2. The molecule has 0 aliphatic carbocycles. The highest BCUT2D eigenvalue weighted by atomic mass is 35.5. The molecule has 0 radical (unpaired) electrons. The van der Waals surface area contributed by atoms with Crippen molar-refractivity contribution in [1.29, 1.82) is 0 Å². The number of rotatable bonds is 5. The first kappa shape index (κ1) is 16.6. The van der Waals surface area contributed by atoms with Gasteiger partial charge in [0.15, 0.2) is 0 Å². The molecule has 2 heterocycles. The fourth-order valence-corrected chi connectivity index (χ4v) is 4.12. The fourth-order valence-electron chi connectivity index (χ4n) is 2.45. The lowest BCUT2D eigenvalue weighted by molar-refractivity contribution is 0.161. The number of likely N-dealkylation sites (tertiary alicyclic amines) is 1. The van der Waals surface area contributed by atoms with Gasteiger partial charge in [-0.05, 0) is 44.6 Å². The first-order valence-corrected chi connectivity index (χ1v) is 8.55. The standard InChI is InChI=1S/C12H19ClN4O3S/c1-16-4-2-10(3-5-16)17(6-7-18)21(19,20)11-8-14-12(13)15-9-11/h8-10,18H,2-7H2,1H3. The molecule has 0 atom stereocenters. The maximum Gasteiger partial charge on any atom is 0.246 e.